The molecule has 1 saturated heterocycles. The van der Waals surface area contributed by atoms with Crippen molar-refractivity contribution < 1.29 is 43.5 Å². The van der Waals surface area contributed by atoms with Crippen molar-refractivity contribution in [1.29, 1.82) is 0 Å². The predicted octanol–water partition coefficient (Wildman–Crippen LogP) is -2.91. The fourth-order valence-corrected chi connectivity index (χ4v) is 4.63. The minimum absolute atomic E-state index is 0.00916. The van der Waals surface area contributed by atoms with E-state index in [0.29, 0.717) is 12.0 Å². The summed E-state index contributed by atoms with van der Waals surface area (Å²) in [7, 11) is 0. The maximum absolute atomic E-state index is 13.6. The molecule has 0 radical (unpaired) electrons. The van der Waals surface area contributed by atoms with Crippen molar-refractivity contribution in [3.63, 3.8) is 0 Å². The Morgan fingerprint density at radius 2 is 1.45 bits per heavy atom. The number of nitrogens with two attached hydrogens (primary N) is 2. The van der Waals surface area contributed by atoms with Crippen LogP contribution in [0, 0.1) is 5.92 Å². The van der Waals surface area contributed by atoms with Crippen molar-refractivity contribution in [2.24, 2.45) is 17.4 Å². The summed E-state index contributed by atoms with van der Waals surface area (Å²) in [5.41, 5.74) is 11.1. The molecular formula is C30H44N8O9. The smallest absolute Gasteiger partial charge is 0.243 e. The third-order valence-corrected chi connectivity index (χ3v) is 7.50. The van der Waals surface area contributed by atoms with Crippen molar-refractivity contribution >= 4 is 47.3 Å². The molecule has 1 unspecified atom stereocenters. The molecule has 47 heavy (non-hydrogen) atoms. The molecule has 0 spiro atoms. The van der Waals surface area contributed by atoms with Crippen molar-refractivity contribution in [3.05, 3.63) is 29.8 Å². The topological polar surface area (TPSA) is 281 Å². The van der Waals surface area contributed by atoms with Gasteiger partial charge in [0.2, 0.25) is 47.3 Å². The minimum Gasteiger partial charge on any atom is -0.508 e. The summed E-state index contributed by atoms with van der Waals surface area (Å²) in [6, 6.07) is 0.620. The number of phenolic OH excluding ortho intramolecular Hbond substituents is 1. The quantitative estimate of drug-likeness (QED) is 0.131. The van der Waals surface area contributed by atoms with E-state index in [2.05, 4.69) is 31.9 Å². The summed E-state index contributed by atoms with van der Waals surface area (Å²) in [5, 5.41) is 24.7. The number of amides is 8. The van der Waals surface area contributed by atoms with Gasteiger partial charge in [0.25, 0.3) is 0 Å². The number of nitrogens with one attached hydrogen (secondary N) is 6. The lowest BCUT2D eigenvalue weighted by atomic mass is 9.96. The molecule has 258 valence electrons. The Labute approximate surface area is 271 Å². The van der Waals surface area contributed by atoms with Crippen LogP contribution in [0.4, 0.5) is 0 Å². The molecule has 17 nitrogen and oxygen atoms in total. The highest BCUT2D eigenvalue weighted by Gasteiger charge is 2.34. The molecular weight excluding hydrogens is 616 g/mol. The SMILES string of the molecule is CC[C@H](C)C1NC(=O)[C@H](Cc2ccc(O)cc2)NC(=O)CNC(=O)CCCNC(=O)[C@H](CC(N)=O)NC(=O)[C@H](CCC(N)=O)NC1=O. The Morgan fingerprint density at radius 1 is 0.809 bits per heavy atom. The lowest BCUT2D eigenvalue weighted by Gasteiger charge is -2.29. The second-order valence-corrected chi connectivity index (χ2v) is 11.3. The average Bonchev–Trinajstić information content (AvgIpc) is 3.01. The zero-order valence-corrected chi connectivity index (χ0v) is 26.4. The van der Waals surface area contributed by atoms with E-state index in [1.165, 1.54) is 12.1 Å². The highest BCUT2D eigenvalue weighted by Crippen LogP contribution is 2.14. The van der Waals surface area contributed by atoms with E-state index in [4.69, 9.17) is 11.5 Å². The van der Waals surface area contributed by atoms with Crippen LogP contribution in [-0.4, -0.2) is 89.6 Å². The van der Waals surface area contributed by atoms with Crippen LogP contribution >= 0.6 is 0 Å². The van der Waals surface area contributed by atoms with E-state index in [-0.39, 0.29) is 44.4 Å². The summed E-state index contributed by atoms with van der Waals surface area (Å²) >= 11 is 0. The van der Waals surface area contributed by atoms with Gasteiger partial charge in [-0.15, -0.1) is 0 Å². The summed E-state index contributed by atoms with van der Waals surface area (Å²) in [6.45, 7) is 2.95. The number of phenols is 1. The highest BCUT2D eigenvalue weighted by molar-refractivity contribution is 5.97. The molecule has 1 heterocycles. The second kappa shape index (κ2) is 18.7. The van der Waals surface area contributed by atoms with Gasteiger partial charge in [-0.1, -0.05) is 32.4 Å². The van der Waals surface area contributed by atoms with Crippen molar-refractivity contribution in [2.45, 2.75) is 83.0 Å². The molecule has 8 amide bonds. The van der Waals surface area contributed by atoms with Crippen molar-refractivity contribution in [2.75, 3.05) is 13.1 Å². The fraction of sp³-hybridized carbons (Fsp3) is 0.533. The van der Waals surface area contributed by atoms with Crippen LogP contribution in [-0.2, 0) is 44.8 Å². The number of primary amides is 2. The first kappa shape index (κ1) is 38.0. The fourth-order valence-electron chi connectivity index (χ4n) is 4.63. The molecule has 0 aliphatic carbocycles. The summed E-state index contributed by atoms with van der Waals surface area (Å²) < 4.78 is 0. The van der Waals surface area contributed by atoms with Crippen LogP contribution in [0.15, 0.2) is 24.3 Å². The van der Waals surface area contributed by atoms with Crippen molar-refractivity contribution in [1.82, 2.24) is 31.9 Å². The molecule has 1 aromatic carbocycles. The molecule has 0 bridgehead atoms. The van der Waals surface area contributed by atoms with Gasteiger partial charge in [0.1, 0.15) is 29.9 Å². The van der Waals surface area contributed by atoms with Gasteiger partial charge in [0.05, 0.1) is 13.0 Å². The van der Waals surface area contributed by atoms with Gasteiger partial charge in [-0.2, -0.15) is 0 Å². The first-order chi connectivity index (χ1) is 22.2. The van der Waals surface area contributed by atoms with Crippen LogP contribution < -0.4 is 43.4 Å². The van der Waals surface area contributed by atoms with E-state index in [1.54, 1.807) is 26.0 Å². The van der Waals surface area contributed by atoms with Gasteiger partial charge < -0.3 is 48.5 Å². The predicted molar refractivity (Wildman–Crippen MR) is 166 cm³/mol. The van der Waals surface area contributed by atoms with Crippen LogP contribution in [0.2, 0.25) is 0 Å². The van der Waals surface area contributed by atoms with Crippen LogP contribution in [0.3, 0.4) is 0 Å². The molecule has 0 aromatic heterocycles. The standard InChI is InChI=1S/C30H44N8O9/c1-3-16(2)26-30(47)36-19(10-11-22(31)40)28(45)37-21(14-23(32)41)27(44)33-12-4-5-24(42)34-15-25(43)35-20(29(46)38-26)13-17-6-8-18(39)9-7-17/h6-9,16,19-21,26,39H,3-5,10-15H2,1-2H3,(H2,31,40)(H2,32,41)(H,33,44)(H,34,42)(H,35,43)(H,36,47)(H,37,45)(H,38,46)/t16-,19-,20-,21-,26?/m0/s1. The summed E-state index contributed by atoms with van der Waals surface area (Å²) in [4.78, 5) is 102. The number of carbonyl (C=O) groups excluding carboxylic acids is 8. The van der Waals surface area contributed by atoms with E-state index in [0.717, 1.165) is 0 Å². The number of aromatic hydroxyl groups is 1. The number of hydrogen-bond acceptors (Lipinski definition) is 9. The number of hydrogen-bond donors (Lipinski definition) is 9. The van der Waals surface area contributed by atoms with Gasteiger partial charge in [-0.25, -0.2) is 0 Å². The average molecular weight is 661 g/mol. The van der Waals surface area contributed by atoms with E-state index < -0.39 is 90.3 Å². The first-order valence-electron chi connectivity index (χ1n) is 15.3. The normalized spacial score (nSPS) is 23.1. The summed E-state index contributed by atoms with van der Waals surface area (Å²) in [6.07, 6.45) is -0.769. The number of carbonyl (C=O) groups is 8. The van der Waals surface area contributed by atoms with E-state index in [9.17, 15) is 43.5 Å². The van der Waals surface area contributed by atoms with Gasteiger partial charge >= 0.3 is 0 Å². The second-order valence-electron chi connectivity index (χ2n) is 11.3. The van der Waals surface area contributed by atoms with Gasteiger partial charge in [-0.3, -0.25) is 38.4 Å². The molecule has 5 atom stereocenters. The molecule has 1 aliphatic rings. The minimum atomic E-state index is -1.44. The Balaban J connectivity index is 2.46. The van der Waals surface area contributed by atoms with Crippen LogP contribution in [0.1, 0.15) is 57.9 Å². The molecule has 1 fully saturated rings. The van der Waals surface area contributed by atoms with Crippen LogP contribution in [0.5, 0.6) is 5.75 Å². The lowest BCUT2D eigenvalue weighted by molar-refractivity contribution is -0.136. The van der Waals surface area contributed by atoms with Crippen molar-refractivity contribution in [3.8, 4) is 5.75 Å². The molecule has 17 heteroatoms. The Kier molecular flexibility index (Phi) is 15.1. The highest BCUT2D eigenvalue weighted by atomic mass is 16.3. The molecule has 1 aliphatic heterocycles. The Hall–Kier alpha value is -5.22. The van der Waals surface area contributed by atoms with Crippen LogP contribution in [0.25, 0.3) is 0 Å². The molecule has 1 aromatic rings. The third-order valence-electron chi connectivity index (χ3n) is 7.50. The zero-order chi connectivity index (χ0) is 35.1. The molecule has 0 saturated carbocycles. The van der Waals surface area contributed by atoms with Gasteiger partial charge in [0.15, 0.2) is 0 Å². The Morgan fingerprint density at radius 3 is 2.06 bits per heavy atom. The maximum Gasteiger partial charge on any atom is 0.243 e. The van der Waals surface area contributed by atoms with E-state index >= 15 is 0 Å². The van der Waals surface area contributed by atoms with E-state index in [1.807, 2.05) is 0 Å². The monoisotopic (exact) mass is 660 g/mol. The summed E-state index contributed by atoms with van der Waals surface area (Å²) in [5.74, 6) is -6.63. The van der Waals surface area contributed by atoms with Gasteiger partial charge in [-0.05, 0) is 36.5 Å². The largest absolute Gasteiger partial charge is 0.508 e. The Bertz CT molecular complexity index is 1320. The lowest BCUT2D eigenvalue weighted by Crippen LogP contribution is -2.60. The zero-order valence-electron chi connectivity index (χ0n) is 26.4. The maximum atomic E-state index is 13.6. The number of rotatable bonds is 9. The first-order valence-corrected chi connectivity index (χ1v) is 15.3. The van der Waals surface area contributed by atoms with Gasteiger partial charge in [0, 0.05) is 25.8 Å². The number of benzene rings is 1. The molecule has 2 rings (SSSR count). The third kappa shape index (κ3) is 13.3. The molecule has 11 N–H and O–H groups in total.